The Morgan fingerprint density at radius 3 is 2.16 bits per heavy atom. The molecule has 1 unspecified atom stereocenters. The predicted molar refractivity (Wildman–Crippen MR) is 81.1 cm³/mol. The molecular weight excluding hydrogens is 260 g/mol. The molecule has 0 spiro atoms. The van der Waals surface area contributed by atoms with Crippen LogP contribution in [0.15, 0.2) is 24.3 Å². The molecule has 1 rings (SSSR count). The molecule has 0 bridgehead atoms. The fraction of sp³-hybridized carbons (Fsp3) is 0.571. The van der Waals surface area contributed by atoms with Crippen molar-refractivity contribution in [3.8, 4) is 0 Å². The number of rotatable bonds is 6. The van der Waals surface area contributed by atoms with Gasteiger partial charge in [0.2, 0.25) is 10.0 Å². The predicted octanol–water partition coefficient (Wildman–Crippen LogP) is 2.15. The van der Waals surface area contributed by atoms with E-state index in [1.54, 1.807) is 14.0 Å². The molecule has 0 aromatic heterocycles. The van der Waals surface area contributed by atoms with Gasteiger partial charge in [-0.15, -0.1) is 0 Å². The minimum absolute atomic E-state index is 0.280. The van der Waals surface area contributed by atoms with Crippen molar-refractivity contribution in [2.75, 3.05) is 17.9 Å². The van der Waals surface area contributed by atoms with Crippen LogP contribution in [0.2, 0.25) is 0 Å². The van der Waals surface area contributed by atoms with Gasteiger partial charge in [-0.1, -0.05) is 31.5 Å². The summed E-state index contributed by atoms with van der Waals surface area (Å²) in [6.45, 7) is 8.17. The van der Waals surface area contributed by atoms with Crippen molar-refractivity contribution in [1.29, 1.82) is 0 Å². The number of sulfonamides is 1. The molecule has 4 nitrogen and oxygen atoms in total. The molecule has 0 amide bonds. The Bertz CT molecular complexity index is 495. The van der Waals surface area contributed by atoms with Crippen LogP contribution in [0.25, 0.3) is 0 Å². The van der Waals surface area contributed by atoms with Crippen molar-refractivity contribution in [3.05, 3.63) is 29.8 Å². The Kier molecular flexibility index (Phi) is 5.38. The normalized spacial score (nSPS) is 13.6. The standard InChI is InChI=1S/C14H24N2O2S/c1-11(2)15-10-13(4)19(17,18)16(5)14-8-6-12(3)7-9-14/h6-9,11,13,15H,10H2,1-5H3. The van der Waals surface area contributed by atoms with E-state index in [1.807, 2.05) is 45.0 Å². The van der Waals surface area contributed by atoms with Crippen LogP contribution in [0.5, 0.6) is 0 Å². The van der Waals surface area contributed by atoms with Crippen LogP contribution in [-0.4, -0.2) is 33.3 Å². The summed E-state index contributed by atoms with van der Waals surface area (Å²) in [6, 6.07) is 7.77. The number of anilines is 1. The fourth-order valence-corrected chi connectivity index (χ4v) is 2.94. The zero-order valence-corrected chi connectivity index (χ0v) is 13.2. The van der Waals surface area contributed by atoms with Crippen LogP contribution >= 0.6 is 0 Å². The molecule has 0 saturated heterocycles. The molecule has 19 heavy (non-hydrogen) atoms. The van der Waals surface area contributed by atoms with Gasteiger partial charge in [0.25, 0.3) is 0 Å². The summed E-state index contributed by atoms with van der Waals surface area (Å²) in [5, 5.41) is 2.70. The Hall–Kier alpha value is -1.07. The average molecular weight is 284 g/mol. The molecule has 0 aliphatic heterocycles. The summed E-state index contributed by atoms with van der Waals surface area (Å²) in [7, 11) is -1.73. The summed E-state index contributed by atoms with van der Waals surface area (Å²) >= 11 is 0. The Balaban J connectivity index is 2.84. The molecule has 1 aromatic rings. The first-order valence-corrected chi connectivity index (χ1v) is 8.03. The molecule has 0 saturated carbocycles. The first-order valence-electron chi connectivity index (χ1n) is 6.53. The number of benzene rings is 1. The summed E-state index contributed by atoms with van der Waals surface area (Å²) in [5.74, 6) is 0. The number of hydrogen-bond acceptors (Lipinski definition) is 3. The van der Waals surface area contributed by atoms with Crippen molar-refractivity contribution in [2.45, 2.75) is 39.0 Å². The highest BCUT2D eigenvalue weighted by Gasteiger charge is 2.26. The molecule has 0 radical (unpaired) electrons. The fourth-order valence-electron chi connectivity index (χ4n) is 1.68. The van der Waals surface area contributed by atoms with E-state index in [0.717, 1.165) is 5.56 Å². The number of nitrogens with zero attached hydrogens (tertiary/aromatic N) is 1. The van der Waals surface area contributed by atoms with Gasteiger partial charge in [-0.05, 0) is 26.0 Å². The number of aryl methyl sites for hydroxylation is 1. The molecule has 1 N–H and O–H groups in total. The lowest BCUT2D eigenvalue weighted by Gasteiger charge is -2.24. The molecule has 5 heteroatoms. The topological polar surface area (TPSA) is 49.4 Å². The Morgan fingerprint density at radius 1 is 1.16 bits per heavy atom. The average Bonchev–Trinajstić information content (AvgIpc) is 2.35. The maximum Gasteiger partial charge on any atom is 0.238 e. The van der Waals surface area contributed by atoms with Crippen molar-refractivity contribution in [1.82, 2.24) is 5.32 Å². The van der Waals surface area contributed by atoms with Gasteiger partial charge in [0.1, 0.15) is 0 Å². The van der Waals surface area contributed by atoms with Crippen LogP contribution in [0.1, 0.15) is 26.3 Å². The second-order valence-corrected chi connectivity index (χ2v) is 7.60. The van der Waals surface area contributed by atoms with E-state index in [-0.39, 0.29) is 6.04 Å². The first kappa shape index (κ1) is 16.0. The third kappa shape index (κ3) is 4.21. The molecule has 108 valence electrons. The van der Waals surface area contributed by atoms with Crippen LogP contribution in [0.3, 0.4) is 0 Å². The van der Waals surface area contributed by atoms with Crippen molar-refractivity contribution < 1.29 is 8.42 Å². The highest BCUT2D eigenvalue weighted by molar-refractivity contribution is 7.93. The first-order chi connectivity index (χ1) is 8.75. The summed E-state index contributed by atoms with van der Waals surface area (Å²) < 4.78 is 26.2. The molecular formula is C14H24N2O2S. The highest BCUT2D eigenvalue weighted by atomic mass is 32.2. The van der Waals surface area contributed by atoms with Crippen molar-refractivity contribution in [3.63, 3.8) is 0 Å². The highest BCUT2D eigenvalue weighted by Crippen LogP contribution is 2.19. The van der Waals surface area contributed by atoms with Crippen LogP contribution < -0.4 is 9.62 Å². The van der Waals surface area contributed by atoms with Crippen LogP contribution in [0, 0.1) is 6.92 Å². The summed E-state index contributed by atoms with van der Waals surface area (Å²) in [4.78, 5) is 0. The van der Waals surface area contributed by atoms with E-state index in [4.69, 9.17) is 0 Å². The van der Waals surface area contributed by atoms with Gasteiger partial charge in [0.05, 0.1) is 10.9 Å². The van der Waals surface area contributed by atoms with Crippen LogP contribution in [-0.2, 0) is 10.0 Å². The maximum atomic E-state index is 12.4. The van der Waals surface area contributed by atoms with Gasteiger partial charge in [-0.2, -0.15) is 0 Å². The maximum absolute atomic E-state index is 12.4. The van der Waals surface area contributed by atoms with E-state index in [0.29, 0.717) is 12.2 Å². The van der Waals surface area contributed by atoms with Crippen molar-refractivity contribution in [2.24, 2.45) is 0 Å². The van der Waals surface area contributed by atoms with Gasteiger partial charge in [-0.3, -0.25) is 4.31 Å². The minimum Gasteiger partial charge on any atom is -0.313 e. The third-order valence-electron chi connectivity index (χ3n) is 3.10. The third-order valence-corrected chi connectivity index (χ3v) is 5.26. The summed E-state index contributed by atoms with van der Waals surface area (Å²) in [5.41, 5.74) is 1.81. The van der Waals surface area contributed by atoms with Crippen molar-refractivity contribution >= 4 is 15.7 Å². The molecule has 0 fully saturated rings. The minimum atomic E-state index is -3.33. The molecule has 1 aromatic carbocycles. The van der Waals surface area contributed by atoms with Gasteiger partial charge in [0.15, 0.2) is 0 Å². The quantitative estimate of drug-likeness (QED) is 0.871. The summed E-state index contributed by atoms with van der Waals surface area (Å²) in [6.07, 6.45) is 0. The zero-order valence-electron chi connectivity index (χ0n) is 12.3. The lowest BCUT2D eigenvalue weighted by molar-refractivity contribution is 0.549. The van der Waals surface area contributed by atoms with Gasteiger partial charge < -0.3 is 5.32 Å². The molecule has 0 aliphatic carbocycles. The number of nitrogens with one attached hydrogen (secondary N) is 1. The van der Waals surface area contributed by atoms with Gasteiger partial charge >= 0.3 is 0 Å². The van der Waals surface area contributed by atoms with Gasteiger partial charge in [0, 0.05) is 19.6 Å². The Labute approximate surface area is 116 Å². The van der Waals surface area contributed by atoms with E-state index >= 15 is 0 Å². The second kappa shape index (κ2) is 6.39. The van der Waals surface area contributed by atoms with E-state index in [1.165, 1.54) is 4.31 Å². The SMILES string of the molecule is Cc1ccc(N(C)S(=O)(=O)C(C)CNC(C)C)cc1. The Morgan fingerprint density at radius 2 is 1.68 bits per heavy atom. The van der Waals surface area contributed by atoms with Crippen LogP contribution in [0.4, 0.5) is 5.69 Å². The van der Waals surface area contributed by atoms with E-state index in [2.05, 4.69) is 5.32 Å². The monoisotopic (exact) mass is 284 g/mol. The van der Waals surface area contributed by atoms with Gasteiger partial charge in [-0.25, -0.2) is 8.42 Å². The second-order valence-electron chi connectivity index (χ2n) is 5.22. The lowest BCUT2D eigenvalue weighted by Crippen LogP contribution is -2.41. The van der Waals surface area contributed by atoms with E-state index < -0.39 is 15.3 Å². The lowest BCUT2D eigenvalue weighted by atomic mass is 10.2. The molecule has 0 aliphatic rings. The zero-order chi connectivity index (χ0) is 14.6. The molecule has 0 heterocycles. The van der Waals surface area contributed by atoms with E-state index in [9.17, 15) is 8.42 Å². The largest absolute Gasteiger partial charge is 0.313 e. The number of hydrogen-bond donors (Lipinski definition) is 1. The molecule has 1 atom stereocenters. The smallest absolute Gasteiger partial charge is 0.238 e.